The summed E-state index contributed by atoms with van der Waals surface area (Å²) in [6, 6.07) is 18.0. The quantitative estimate of drug-likeness (QED) is 0.623. The van der Waals surface area contributed by atoms with E-state index in [1.54, 1.807) is 53.7 Å². The number of benzene rings is 2. The van der Waals surface area contributed by atoms with Crippen molar-refractivity contribution in [1.82, 2.24) is 4.98 Å². The highest BCUT2D eigenvalue weighted by Gasteiger charge is 2.35. The van der Waals surface area contributed by atoms with Crippen molar-refractivity contribution in [3.63, 3.8) is 0 Å². The summed E-state index contributed by atoms with van der Waals surface area (Å²) in [4.78, 5) is 43.1. The number of amides is 3. The summed E-state index contributed by atoms with van der Waals surface area (Å²) in [7, 11) is 0. The van der Waals surface area contributed by atoms with Gasteiger partial charge in [0.1, 0.15) is 0 Å². The molecule has 1 aromatic heterocycles. The molecule has 1 aliphatic heterocycles. The Labute approximate surface area is 186 Å². The summed E-state index contributed by atoms with van der Waals surface area (Å²) in [6.45, 7) is 2.43. The van der Waals surface area contributed by atoms with E-state index in [2.05, 4.69) is 22.5 Å². The van der Waals surface area contributed by atoms with Gasteiger partial charge in [-0.2, -0.15) is 0 Å². The lowest BCUT2D eigenvalue weighted by Gasteiger charge is -2.17. The van der Waals surface area contributed by atoms with Gasteiger partial charge in [0.25, 0.3) is 5.91 Å². The van der Waals surface area contributed by atoms with Crippen LogP contribution in [0.2, 0.25) is 0 Å². The van der Waals surface area contributed by atoms with Crippen LogP contribution in [0.25, 0.3) is 0 Å². The van der Waals surface area contributed by atoms with Crippen LogP contribution >= 0.6 is 0 Å². The van der Waals surface area contributed by atoms with E-state index in [0.717, 1.165) is 12.1 Å². The topological polar surface area (TPSA) is 91.4 Å². The van der Waals surface area contributed by atoms with E-state index in [1.165, 1.54) is 5.56 Å². The summed E-state index contributed by atoms with van der Waals surface area (Å²) in [5.41, 5.74) is 3.66. The maximum Gasteiger partial charge on any atom is 0.255 e. The van der Waals surface area contributed by atoms with Crippen LogP contribution in [0.4, 0.5) is 17.1 Å². The fourth-order valence-corrected chi connectivity index (χ4v) is 3.63. The normalized spacial score (nSPS) is 15.5. The van der Waals surface area contributed by atoms with Crippen LogP contribution in [0.1, 0.15) is 29.3 Å². The number of rotatable bonds is 6. The Kier molecular flexibility index (Phi) is 6.26. The maximum absolute atomic E-state index is 12.7. The number of pyridine rings is 1. The van der Waals surface area contributed by atoms with Crippen LogP contribution in [0, 0.1) is 5.92 Å². The molecule has 1 atom stereocenters. The van der Waals surface area contributed by atoms with Gasteiger partial charge in [0, 0.05) is 36.1 Å². The van der Waals surface area contributed by atoms with Gasteiger partial charge in [-0.15, -0.1) is 0 Å². The molecular formula is C25H24N4O3. The Bertz CT molecular complexity index is 1110. The number of nitrogens with one attached hydrogen (secondary N) is 2. The van der Waals surface area contributed by atoms with Crippen molar-refractivity contribution in [3.05, 3.63) is 84.2 Å². The van der Waals surface area contributed by atoms with Crippen molar-refractivity contribution in [2.45, 2.75) is 19.8 Å². The Balaban J connectivity index is 1.35. The zero-order valence-electron chi connectivity index (χ0n) is 17.7. The predicted molar refractivity (Wildman–Crippen MR) is 124 cm³/mol. The van der Waals surface area contributed by atoms with Gasteiger partial charge in [-0.3, -0.25) is 19.4 Å². The zero-order valence-corrected chi connectivity index (χ0v) is 17.7. The van der Waals surface area contributed by atoms with E-state index in [0.29, 0.717) is 23.5 Å². The first-order chi connectivity index (χ1) is 15.5. The van der Waals surface area contributed by atoms with Gasteiger partial charge in [-0.05, 0) is 60.5 Å². The Morgan fingerprint density at radius 2 is 1.75 bits per heavy atom. The number of hydrogen-bond acceptors (Lipinski definition) is 4. The fourth-order valence-electron chi connectivity index (χ4n) is 3.63. The molecule has 32 heavy (non-hydrogen) atoms. The standard InChI is InChI=1S/C25H24N4O3/c1-2-17-5-11-22(12-6-17)29-16-19(14-23(29)30)25(32)27-20-9-7-18(8-10-20)24(31)28-21-4-3-13-26-15-21/h3-13,15,19H,2,14,16H2,1H3,(H,27,32)(H,28,31). The van der Waals surface area contributed by atoms with Crippen LogP contribution in [-0.2, 0) is 16.0 Å². The van der Waals surface area contributed by atoms with E-state index >= 15 is 0 Å². The Morgan fingerprint density at radius 1 is 1.00 bits per heavy atom. The number of carbonyl (C=O) groups excluding carboxylic acids is 3. The van der Waals surface area contributed by atoms with Gasteiger partial charge in [0.2, 0.25) is 11.8 Å². The van der Waals surface area contributed by atoms with Crippen molar-refractivity contribution < 1.29 is 14.4 Å². The monoisotopic (exact) mass is 428 g/mol. The van der Waals surface area contributed by atoms with Gasteiger partial charge in [0.05, 0.1) is 17.8 Å². The van der Waals surface area contributed by atoms with Crippen LogP contribution in [0.3, 0.4) is 0 Å². The van der Waals surface area contributed by atoms with E-state index < -0.39 is 5.92 Å². The maximum atomic E-state index is 12.7. The average molecular weight is 428 g/mol. The lowest BCUT2D eigenvalue weighted by Crippen LogP contribution is -2.28. The molecule has 4 rings (SSSR count). The summed E-state index contributed by atoms with van der Waals surface area (Å²) in [5.74, 6) is -0.959. The molecular weight excluding hydrogens is 404 g/mol. The van der Waals surface area contributed by atoms with Crippen molar-refractivity contribution in [1.29, 1.82) is 0 Å². The molecule has 0 spiro atoms. The van der Waals surface area contributed by atoms with Gasteiger partial charge in [-0.1, -0.05) is 19.1 Å². The molecule has 1 saturated heterocycles. The molecule has 0 bridgehead atoms. The molecule has 1 aliphatic rings. The summed E-state index contributed by atoms with van der Waals surface area (Å²) >= 11 is 0. The van der Waals surface area contributed by atoms with Crippen LogP contribution in [-0.4, -0.2) is 29.3 Å². The average Bonchev–Trinajstić information content (AvgIpc) is 3.22. The molecule has 2 heterocycles. The molecule has 1 fully saturated rings. The number of aromatic nitrogens is 1. The molecule has 1 unspecified atom stereocenters. The van der Waals surface area contributed by atoms with Crippen molar-refractivity contribution >= 4 is 34.8 Å². The molecule has 7 heteroatoms. The van der Waals surface area contributed by atoms with Gasteiger partial charge in [-0.25, -0.2) is 0 Å². The highest BCUT2D eigenvalue weighted by molar-refractivity contribution is 6.05. The second kappa shape index (κ2) is 9.43. The number of anilines is 3. The number of aryl methyl sites for hydroxylation is 1. The third kappa shape index (κ3) is 4.83. The minimum atomic E-state index is -0.429. The number of hydrogen-bond donors (Lipinski definition) is 2. The predicted octanol–water partition coefficient (Wildman–Crippen LogP) is 3.89. The lowest BCUT2D eigenvalue weighted by molar-refractivity contribution is -0.122. The zero-order chi connectivity index (χ0) is 22.5. The van der Waals surface area contributed by atoms with Crippen molar-refractivity contribution in [2.75, 3.05) is 22.1 Å². The van der Waals surface area contributed by atoms with Gasteiger partial charge < -0.3 is 15.5 Å². The second-order valence-electron chi connectivity index (χ2n) is 7.69. The fraction of sp³-hybridized carbons (Fsp3) is 0.200. The van der Waals surface area contributed by atoms with Crippen LogP contribution in [0.5, 0.6) is 0 Å². The van der Waals surface area contributed by atoms with E-state index in [1.807, 2.05) is 24.3 Å². The van der Waals surface area contributed by atoms with Crippen molar-refractivity contribution in [3.8, 4) is 0 Å². The highest BCUT2D eigenvalue weighted by atomic mass is 16.2. The summed E-state index contributed by atoms with van der Waals surface area (Å²) in [5, 5.41) is 5.61. The third-order valence-electron chi connectivity index (χ3n) is 5.49. The summed E-state index contributed by atoms with van der Waals surface area (Å²) < 4.78 is 0. The van der Waals surface area contributed by atoms with Crippen molar-refractivity contribution in [2.24, 2.45) is 5.92 Å². The molecule has 0 saturated carbocycles. The highest BCUT2D eigenvalue weighted by Crippen LogP contribution is 2.26. The van der Waals surface area contributed by atoms with Crippen LogP contribution in [0.15, 0.2) is 73.1 Å². The molecule has 3 amide bonds. The third-order valence-corrected chi connectivity index (χ3v) is 5.49. The first kappa shape index (κ1) is 21.2. The number of nitrogens with zero attached hydrogens (tertiary/aromatic N) is 2. The molecule has 0 radical (unpaired) electrons. The van der Waals surface area contributed by atoms with E-state index in [4.69, 9.17) is 0 Å². The Hall–Kier alpha value is -4.00. The molecule has 162 valence electrons. The summed E-state index contributed by atoms with van der Waals surface area (Å²) in [6.07, 6.45) is 4.30. The first-order valence-corrected chi connectivity index (χ1v) is 10.5. The lowest BCUT2D eigenvalue weighted by atomic mass is 10.1. The molecule has 7 nitrogen and oxygen atoms in total. The first-order valence-electron chi connectivity index (χ1n) is 10.5. The van der Waals surface area contributed by atoms with E-state index in [9.17, 15) is 14.4 Å². The largest absolute Gasteiger partial charge is 0.326 e. The molecule has 2 aromatic carbocycles. The second-order valence-corrected chi connectivity index (χ2v) is 7.69. The molecule has 0 aliphatic carbocycles. The minimum Gasteiger partial charge on any atom is -0.326 e. The molecule has 3 aromatic rings. The Morgan fingerprint density at radius 3 is 2.41 bits per heavy atom. The van der Waals surface area contributed by atoms with Gasteiger partial charge in [0.15, 0.2) is 0 Å². The smallest absolute Gasteiger partial charge is 0.255 e. The SMILES string of the molecule is CCc1ccc(N2CC(C(=O)Nc3ccc(C(=O)Nc4cccnc4)cc3)CC2=O)cc1. The minimum absolute atomic E-state index is 0.0585. The molecule has 2 N–H and O–H groups in total. The van der Waals surface area contributed by atoms with Gasteiger partial charge >= 0.3 is 0 Å². The number of carbonyl (C=O) groups is 3. The van der Waals surface area contributed by atoms with Crippen LogP contribution < -0.4 is 15.5 Å². The van der Waals surface area contributed by atoms with E-state index in [-0.39, 0.29) is 24.1 Å².